The van der Waals surface area contributed by atoms with E-state index in [1.807, 2.05) is 12.1 Å². The smallest absolute Gasteiger partial charge is 0.412 e. The summed E-state index contributed by atoms with van der Waals surface area (Å²) in [6, 6.07) is 51.9. The van der Waals surface area contributed by atoms with Crippen LogP contribution in [0, 0.1) is 0 Å². The Balaban J connectivity index is 0.00000481. The average molecular weight is 815 g/mol. The number of benzene rings is 6. The first-order valence-electron chi connectivity index (χ1n) is 16.5. The van der Waals surface area contributed by atoms with E-state index in [1.54, 1.807) is 170 Å². The van der Waals surface area contributed by atoms with Gasteiger partial charge in [0.25, 0.3) is 0 Å². The molecule has 272 valence electrons. The molecule has 17 heteroatoms. The summed E-state index contributed by atoms with van der Waals surface area (Å²) in [4.78, 5) is 51.2. The van der Waals surface area contributed by atoms with Gasteiger partial charge in [0.1, 0.15) is 0 Å². The molecule has 0 radical (unpaired) electrons. The van der Waals surface area contributed by atoms with Crippen molar-refractivity contribution in [2.75, 3.05) is 0 Å². The van der Waals surface area contributed by atoms with Gasteiger partial charge in [-0.3, -0.25) is 0 Å². The first-order valence-corrected chi connectivity index (χ1v) is 26.6. The van der Waals surface area contributed by atoms with Crippen LogP contribution in [0.15, 0.2) is 182 Å². The van der Waals surface area contributed by atoms with Gasteiger partial charge in [0, 0.05) is 20.7 Å². The molecular formula is C36H38O11Si6. The molecule has 1 heterocycles. The van der Waals surface area contributed by atoms with E-state index in [9.17, 15) is 19.2 Å². The van der Waals surface area contributed by atoms with Gasteiger partial charge in [-0.2, -0.15) is 0 Å². The van der Waals surface area contributed by atoms with Crippen LogP contribution < -0.4 is 31.1 Å². The molecule has 0 aliphatic carbocycles. The van der Waals surface area contributed by atoms with Crippen LogP contribution >= 0.6 is 0 Å². The molecule has 6 aromatic carbocycles. The van der Waals surface area contributed by atoms with E-state index in [1.165, 1.54) is 0 Å². The Kier molecular flexibility index (Phi) is 12.2. The standard InChI is InChI=1S/C36H36O10Si6.H2O/c37-49(33-23-11-3-12-24-33)41-47(31-19-7-1-8-20-31)42-50(38,34-25-13-4-14-26-34)46-52(40,36-29-17-6-18-30-36)44-48(32-21-9-2-10-22-32)43-51(39,45-49)35-27-15-5-16-28-35;/h1-30,37-40,47-48H;1H2. The van der Waals surface area contributed by atoms with Gasteiger partial charge in [-0.1, -0.05) is 182 Å². The van der Waals surface area contributed by atoms with Crippen molar-refractivity contribution >= 4 is 84.9 Å². The minimum atomic E-state index is -4.75. The van der Waals surface area contributed by atoms with Gasteiger partial charge in [-0.15, -0.1) is 0 Å². The Morgan fingerprint density at radius 2 is 0.491 bits per heavy atom. The second kappa shape index (κ2) is 16.7. The summed E-state index contributed by atoms with van der Waals surface area (Å²) in [6.07, 6.45) is 0. The first-order chi connectivity index (χ1) is 25.2. The minimum Gasteiger partial charge on any atom is -0.412 e. The molecule has 1 aliphatic heterocycles. The van der Waals surface area contributed by atoms with Gasteiger partial charge in [0.05, 0.1) is 0 Å². The summed E-state index contributed by atoms with van der Waals surface area (Å²) in [5.74, 6) is 0. The van der Waals surface area contributed by atoms with Gasteiger partial charge < -0.3 is 49.3 Å². The number of rotatable bonds is 6. The summed E-state index contributed by atoms with van der Waals surface area (Å²) < 4.78 is 40.1. The van der Waals surface area contributed by atoms with Crippen molar-refractivity contribution in [3.63, 3.8) is 0 Å². The highest BCUT2D eigenvalue weighted by Gasteiger charge is 2.61. The molecule has 6 N–H and O–H groups in total. The lowest BCUT2D eigenvalue weighted by Crippen LogP contribution is -2.75. The van der Waals surface area contributed by atoms with E-state index in [0.29, 0.717) is 10.4 Å². The number of hydrogen-bond donors (Lipinski definition) is 4. The second-order valence-electron chi connectivity index (χ2n) is 12.0. The fourth-order valence-electron chi connectivity index (χ4n) is 5.70. The quantitative estimate of drug-likeness (QED) is 0.152. The molecule has 1 saturated heterocycles. The highest BCUT2D eigenvalue weighted by Crippen LogP contribution is 2.23. The summed E-state index contributed by atoms with van der Waals surface area (Å²) in [7, 11) is -26.0. The van der Waals surface area contributed by atoms with Crippen molar-refractivity contribution in [3.8, 4) is 0 Å². The van der Waals surface area contributed by atoms with Crippen molar-refractivity contribution in [1.82, 2.24) is 0 Å². The lowest BCUT2D eigenvalue weighted by atomic mass is 10.4. The van der Waals surface area contributed by atoms with Crippen LogP contribution in [0.25, 0.3) is 0 Å². The van der Waals surface area contributed by atoms with Crippen molar-refractivity contribution in [2.45, 2.75) is 0 Å². The molecule has 0 amide bonds. The SMILES string of the molecule is O.O[Si]1(c2ccccc2)O[SiH](c2ccccc2)O[Si](O)(c2ccccc2)O[Si](O)(c2ccccc2)O[SiH](c2ccccc2)O[Si](O)(c2ccccc2)O1. The highest BCUT2D eigenvalue weighted by molar-refractivity contribution is 6.97. The van der Waals surface area contributed by atoms with Crippen molar-refractivity contribution in [1.29, 1.82) is 0 Å². The molecule has 1 fully saturated rings. The van der Waals surface area contributed by atoms with E-state index < -0.39 is 53.8 Å². The Bertz CT molecular complexity index is 1780. The lowest BCUT2D eigenvalue weighted by molar-refractivity contribution is 0.144. The molecule has 1 aliphatic rings. The van der Waals surface area contributed by atoms with Gasteiger partial charge in [-0.25, -0.2) is 0 Å². The van der Waals surface area contributed by atoms with Gasteiger partial charge in [-0.05, 0) is 10.4 Å². The molecule has 0 spiro atoms. The van der Waals surface area contributed by atoms with Crippen LogP contribution in [0.1, 0.15) is 0 Å². The summed E-state index contributed by atoms with van der Waals surface area (Å²) in [6.45, 7) is 0. The average Bonchev–Trinajstić information content (AvgIpc) is 3.19. The number of hydrogen-bond acceptors (Lipinski definition) is 10. The Labute approximate surface area is 315 Å². The van der Waals surface area contributed by atoms with Gasteiger partial charge in [0.15, 0.2) is 0 Å². The molecule has 0 saturated carbocycles. The van der Waals surface area contributed by atoms with Gasteiger partial charge >= 0.3 is 53.8 Å². The topological polar surface area (TPSA) is 168 Å². The molecule has 53 heavy (non-hydrogen) atoms. The predicted octanol–water partition coefficient (Wildman–Crippen LogP) is -1.12. The second-order valence-corrected chi connectivity index (χ2v) is 27.0. The normalized spacial score (nSPS) is 28.1. The van der Waals surface area contributed by atoms with Crippen LogP contribution in [-0.4, -0.2) is 78.4 Å². The predicted molar refractivity (Wildman–Crippen MR) is 213 cm³/mol. The molecule has 11 nitrogen and oxygen atoms in total. The van der Waals surface area contributed by atoms with Crippen LogP contribution in [0.5, 0.6) is 0 Å². The molecule has 4 atom stereocenters. The molecular weight excluding hydrogens is 777 g/mol. The van der Waals surface area contributed by atoms with E-state index in [-0.39, 0.29) is 26.2 Å². The molecule has 4 unspecified atom stereocenters. The Morgan fingerprint density at radius 3 is 0.698 bits per heavy atom. The zero-order chi connectivity index (χ0) is 36.1. The minimum absolute atomic E-state index is 0. The molecule has 0 aromatic heterocycles. The summed E-state index contributed by atoms with van der Waals surface area (Å²) in [5.41, 5.74) is 0. The third kappa shape index (κ3) is 8.78. The zero-order valence-electron chi connectivity index (χ0n) is 28.2. The van der Waals surface area contributed by atoms with E-state index >= 15 is 0 Å². The van der Waals surface area contributed by atoms with Crippen molar-refractivity contribution < 1.29 is 49.3 Å². The van der Waals surface area contributed by atoms with Crippen LogP contribution in [0.2, 0.25) is 0 Å². The van der Waals surface area contributed by atoms with Gasteiger partial charge in [0.2, 0.25) is 0 Å². The summed E-state index contributed by atoms with van der Waals surface area (Å²) in [5, 5.41) is 2.15. The monoisotopic (exact) mass is 814 g/mol. The highest BCUT2D eigenvalue weighted by atomic mass is 28.5. The maximum Gasteiger partial charge on any atom is 0.518 e. The molecule has 6 aromatic rings. The lowest BCUT2D eigenvalue weighted by Gasteiger charge is -2.41. The fourth-order valence-corrected chi connectivity index (χ4v) is 26.9. The van der Waals surface area contributed by atoms with Crippen LogP contribution in [0.3, 0.4) is 0 Å². The fraction of sp³-hybridized carbons (Fsp3) is 0. The van der Waals surface area contributed by atoms with E-state index in [2.05, 4.69) is 0 Å². The maximum absolute atomic E-state index is 12.8. The zero-order valence-corrected chi connectivity index (χ0v) is 34.5. The Hall–Kier alpha value is -3.82. The van der Waals surface area contributed by atoms with E-state index in [4.69, 9.17) is 24.7 Å². The molecule has 7 rings (SSSR count). The van der Waals surface area contributed by atoms with Crippen LogP contribution in [0.4, 0.5) is 0 Å². The largest absolute Gasteiger partial charge is 0.518 e. The molecule has 0 bridgehead atoms. The summed E-state index contributed by atoms with van der Waals surface area (Å²) >= 11 is 0. The van der Waals surface area contributed by atoms with Crippen LogP contribution in [-0.2, 0) is 24.7 Å². The first kappa shape index (κ1) is 38.9. The Morgan fingerprint density at radius 1 is 0.302 bits per heavy atom. The maximum atomic E-state index is 12.8. The third-order valence-corrected chi connectivity index (χ3v) is 27.4. The van der Waals surface area contributed by atoms with Crippen molar-refractivity contribution in [3.05, 3.63) is 182 Å². The van der Waals surface area contributed by atoms with E-state index in [0.717, 1.165) is 0 Å². The third-order valence-electron chi connectivity index (χ3n) is 8.32. The van der Waals surface area contributed by atoms with Crippen molar-refractivity contribution in [2.24, 2.45) is 0 Å².